The number of carbonyl (C=O) groups excluding carboxylic acids is 1. The van der Waals surface area contributed by atoms with E-state index in [1.165, 1.54) is 6.42 Å². The molecule has 0 N–H and O–H groups in total. The molecule has 2 heteroatoms. The molecule has 14 heavy (non-hydrogen) atoms. The number of terminal acetylenes is 1. The van der Waals surface area contributed by atoms with Crippen molar-refractivity contribution in [1.29, 1.82) is 0 Å². The molecule has 0 bridgehead atoms. The number of ether oxygens (including phenoxy) is 1. The zero-order valence-electron chi connectivity index (χ0n) is 9.01. The van der Waals surface area contributed by atoms with Crippen LogP contribution >= 0.6 is 0 Å². The molecule has 0 aromatic heterocycles. The fraction of sp³-hybridized carbons (Fsp3) is 0.750. The summed E-state index contributed by atoms with van der Waals surface area (Å²) in [5.74, 6) is 2.20. The number of carbonyl (C=O) groups is 1. The Morgan fingerprint density at radius 1 is 1.36 bits per heavy atom. The van der Waals surface area contributed by atoms with Crippen molar-refractivity contribution in [1.82, 2.24) is 0 Å². The van der Waals surface area contributed by atoms with Crippen LogP contribution in [0, 0.1) is 17.8 Å². The lowest BCUT2D eigenvalue weighted by Crippen LogP contribution is -2.30. The van der Waals surface area contributed by atoms with E-state index in [0.29, 0.717) is 0 Å². The standard InChI is InChI=1S/C12H18O2/c1-4-12(2,3)11(13)14-10-8-6-5-7-9-10/h1,10H,5-9H2,2-3H3. The Kier molecular flexibility index (Phi) is 3.57. The summed E-state index contributed by atoms with van der Waals surface area (Å²) in [6.45, 7) is 3.44. The van der Waals surface area contributed by atoms with Gasteiger partial charge in [-0.1, -0.05) is 12.3 Å². The molecule has 1 fully saturated rings. The van der Waals surface area contributed by atoms with Gasteiger partial charge in [0.1, 0.15) is 11.5 Å². The second-order valence-electron chi connectivity index (χ2n) is 4.43. The maximum atomic E-state index is 11.6. The zero-order valence-corrected chi connectivity index (χ0v) is 9.01. The van der Waals surface area contributed by atoms with Crippen LogP contribution in [0.3, 0.4) is 0 Å². The number of hydrogen-bond acceptors (Lipinski definition) is 2. The normalized spacial score (nSPS) is 18.6. The molecule has 0 atom stereocenters. The summed E-state index contributed by atoms with van der Waals surface area (Å²) in [7, 11) is 0. The van der Waals surface area contributed by atoms with Crippen LogP contribution in [0.4, 0.5) is 0 Å². The molecule has 78 valence electrons. The topological polar surface area (TPSA) is 26.3 Å². The van der Waals surface area contributed by atoms with Gasteiger partial charge in [0.25, 0.3) is 0 Å². The molecular formula is C12H18O2. The quantitative estimate of drug-likeness (QED) is 0.498. The van der Waals surface area contributed by atoms with Crippen molar-refractivity contribution < 1.29 is 9.53 Å². The third-order valence-corrected chi connectivity index (χ3v) is 2.70. The van der Waals surface area contributed by atoms with Gasteiger partial charge < -0.3 is 4.74 Å². The minimum atomic E-state index is -0.780. The molecule has 0 saturated heterocycles. The van der Waals surface area contributed by atoms with E-state index in [0.717, 1.165) is 25.7 Å². The van der Waals surface area contributed by atoms with E-state index in [4.69, 9.17) is 11.2 Å². The van der Waals surface area contributed by atoms with Gasteiger partial charge in [-0.05, 0) is 39.5 Å². The van der Waals surface area contributed by atoms with Crippen molar-refractivity contribution in [2.75, 3.05) is 0 Å². The molecule has 0 amide bonds. The summed E-state index contributed by atoms with van der Waals surface area (Å²) in [5.41, 5.74) is -0.780. The number of rotatable bonds is 2. The maximum Gasteiger partial charge on any atom is 0.323 e. The van der Waals surface area contributed by atoms with E-state index in [-0.39, 0.29) is 12.1 Å². The fourth-order valence-electron chi connectivity index (χ4n) is 1.54. The molecule has 0 unspecified atom stereocenters. The average Bonchev–Trinajstić information content (AvgIpc) is 2.19. The lowest BCUT2D eigenvalue weighted by molar-refractivity contribution is -0.157. The van der Waals surface area contributed by atoms with Crippen LogP contribution in [0.25, 0.3) is 0 Å². The highest BCUT2D eigenvalue weighted by Gasteiger charge is 2.29. The van der Waals surface area contributed by atoms with Gasteiger partial charge in [0.05, 0.1) is 0 Å². The third kappa shape index (κ3) is 2.77. The molecule has 2 nitrogen and oxygen atoms in total. The first kappa shape index (κ1) is 11.1. The van der Waals surface area contributed by atoms with Crippen molar-refractivity contribution in [3.8, 4) is 12.3 Å². The SMILES string of the molecule is C#CC(C)(C)C(=O)OC1CCCCC1. The van der Waals surface area contributed by atoms with Gasteiger partial charge in [0.15, 0.2) is 0 Å². The first-order valence-electron chi connectivity index (χ1n) is 5.25. The average molecular weight is 194 g/mol. The van der Waals surface area contributed by atoms with Gasteiger partial charge in [-0.15, -0.1) is 6.42 Å². The molecule has 0 aliphatic heterocycles. The first-order valence-corrected chi connectivity index (χ1v) is 5.25. The molecule has 0 spiro atoms. The molecule has 0 heterocycles. The lowest BCUT2D eigenvalue weighted by atomic mass is 9.94. The van der Waals surface area contributed by atoms with Crippen molar-refractivity contribution in [3.05, 3.63) is 0 Å². The van der Waals surface area contributed by atoms with Crippen LogP contribution in [0.1, 0.15) is 46.0 Å². The van der Waals surface area contributed by atoms with Gasteiger partial charge in [-0.25, -0.2) is 0 Å². The molecule has 0 radical (unpaired) electrons. The Labute approximate surface area is 86.0 Å². The van der Waals surface area contributed by atoms with Crippen molar-refractivity contribution in [2.45, 2.75) is 52.1 Å². The van der Waals surface area contributed by atoms with E-state index in [2.05, 4.69) is 5.92 Å². The largest absolute Gasteiger partial charge is 0.461 e. The van der Waals surface area contributed by atoms with Gasteiger partial charge >= 0.3 is 5.97 Å². The highest BCUT2D eigenvalue weighted by atomic mass is 16.5. The molecule has 1 saturated carbocycles. The van der Waals surface area contributed by atoms with Gasteiger partial charge in [-0.3, -0.25) is 4.79 Å². The number of hydrogen-bond donors (Lipinski definition) is 0. The Morgan fingerprint density at radius 3 is 2.43 bits per heavy atom. The van der Waals surface area contributed by atoms with Crippen molar-refractivity contribution in [3.63, 3.8) is 0 Å². The fourth-order valence-corrected chi connectivity index (χ4v) is 1.54. The summed E-state index contributed by atoms with van der Waals surface area (Å²) in [6, 6.07) is 0. The van der Waals surface area contributed by atoms with E-state index < -0.39 is 5.41 Å². The van der Waals surface area contributed by atoms with Crippen LogP contribution < -0.4 is 0 Å². The molecule has 0 aromatic carbocycles. The molecular weight excluding hydrogens is 176 g/mol. The monoisotopic (exact) mass is 194 g/mol. The van der Waals surface area contributed by atoms with E-state index in [1.54, 1.807) is 13.8 Å². The third-order valence-electron chi connectivity index (χ3n) is 2.70. The van der Waals surface area contributed by atoms with Gasteiger partial charge in [-0.2, -0.15) is 0 Å². The van der Waals surface area contributed by atoms with Crippen LogP contribution in [0.5, 0.6) is 0 Å². The summed E-state index contributed by atoms with van der Waals surface area (Å²) in [6.07, 6.45) is 10.9. The van der Waals surface area contributed by atoms with E-state index >= 15 is 0 Å². The van der Waals surface area contributed by atoms with Gasteiger partial charge in [0.2, 0.25) is 0 Å². The van der Waals surface area contributed by atoms with Crippen molar-refractivity contribution in [2.24, 2.45) is 5.41 Å². The summed E-state index contributed by atoms with van der Waals surface area (Å²) >= 11 is 0. The zero-order chi connectivity index (χ0) is 10.6. The van der Waals surface area contributed by atoms with Crippen molar-refractivity contribution >= 4 is 5.97 Å². The minimum Gasteiger partial charge on any atom is -0.461 e. The van der Waals surface area contributed by atoms with E-state index in [9.17, 15) is 4.79 Å². The second-order valence-corrected chi connectivity index (χ2v) is 4.43. The van der Waals surface area contributed by atoms with Crippen LogP contribution in [-0.4, -0.2) is 12.1 Å². The molecule has 1 aliphatic rings. The van der Waals surface area contributed by atoms with Gasteiger partial charge in [0, 0.05) is 0 Å². The Morgan fingerprint density at radius 2 is 1.93 bits per heavy atom. The predicted molar refractivity (Wildman–Crippen MR) is 55.6 cm³/mol. The summed E-state index contributed by atoms with van der Waals surface area (Å²) < 4.78 is 5.37. The molecule has 1 aliphatic carbocycles. The number of esters is 1. The Balaban J connectivity index is 2.44. The Bertz CT molecular complexity index is 242. The Hall–Kier alpha value is -0.970. The van der Waals surface area contributed by atoms with Crippen LogP contribution in [0.15, 0.2) is 0 Å². The summed E-state index contributed by atoms with van der Waals surface area (Å²) in [5, 5.41) is 0. The molecule has 1 rings (SSSR count). The smallest absolute Gasteiger partial charge is 0.323 e. The van der Waals surface area contributed by atoms with Crippen LogP contribution in [0.2, 0.25) is 0 Å². The molecule has 0 aromatic rings. The highest BCUT2D eigenvalue weighted by molar-refractivity contribution is 5.79. The van der Waals surface area contributed by atoms with Crippen LogP contribution in [-0.2, 0) is 9.53 Å². The highest BCUT2D eigenvalue weighted by Crippen LogP contribution is 2.24. The predicted octanol–water partition coefficient (Wildman–Crippen LogP) is 2.52. The lowest BCUT2D eigenvalue weighted by Gasteiger charge is -2.25. The second kappa shape index (κ2) is 4.50. The maximum absolute atomic E-state index is 11.6. The van der Waals surface area contributed by atoms with E-state index in [1.807, 2.05) is 0 Å². The first-order chi connectivity index (χ1) is 6.56. The summed E-state index contributed by atoms with van der Waals surface area (Å²) in [4.78, 5) is 11.6. The minimum absolute atomic E-state index is 0.101.